The Morgan fingerprint density at radius 1 is 1.00 bits per heavy atom. The smallest absolute Gasteiger partial charge is 0.254 e. The van der Waals surface area contributed by atoms with E-state index in [0.29, 0.717) is 23.5 Å². The van der Waals surface area contributed by atoms with Crippen LogP contribution in [0.15, 0.2) is 65.6 Å². The zero-order valence-electron chi connectivity index (χ0n) is 14.5. The maximum absolute atomic E-state index is 12.6. The number of amides is 2. The van der Waals surface area contributed by atoms with Gasteiger partial charge >= 0.3 is 0 Å². The van der Waals surface area contributed by atoms with Gasteiger partial charge in [-0.2, -0.15) is 0 Å². The third-order valence-corrected chi connectivity index (χ3v) is 4.88. The first-order chi connectivity index (χ1) is 12.6. The lowest BCUT2D eigenvalue weighted by Crippen LogP contribution is -2.46. The first kappa shape index (κ1) is 18.3. The number of carbonyl (C=O) groups is 2. The van der Waals surface area contributed by atoms with Gasteiger partial charge in [0, 0.05) is 30.1 Å². The van der Waals surface area contributed by atoms with Gasteiger partial charge in [0.15, 0.2) is 0 Å². The number of benzene rings is 2. The van der Waals surface area contributed by atoms with Crippen LogP contribution in [0.4, 0.5) is 0 Å². The lowest BCUT2D eigenvalue weighted by Gasteiger charge is -2.32. The molecule has 1 fully saturated rings. The lowest BCUT2D eigenvalue weighted by atomic mass is 10.0. The molecule has 0 saturated carbocycles. The molecule has 0 aliphatic carbocycles. The molecule has 1 aliphatic rings. The average Bonchev–Trinajstić information content (AvgIpc) is 2.68. The molecule has 1 saturated heterocycles. The minimum absolute atomic E-state index is 0.00403. The van der Waals surface area contributed by atoms with Crippen LogP contribution in [0.25, 0.3) is 6.08 Å². The monoisotopic (exact) mass is 366 g/mol. The maximum atomic E-state index is 12.6. The lowest BCUT2D eigenvalue weighted by molar-refractivity contribution is -0.117. The van der Waals surface area contributed by atoms with Gasteiger partial charge in [0.2, 0.25) is 5.91 Å². The Bertz CT molecular complexity index is 797. The highest BCUT2D eigenvalue weighted by atomic mass is 32.1. The molecular weight excluding hydrogens is 344 g/mol. The molecule has 4 nitrogen and oxygen atoms in total. The van der Waals surface area contributed by atoms with E-state index in [1.807, 2.05) is 53.4 Å². The van der Waals surface area contributed by atoms with Crippen molar-refractivity contribution in [3.63, 3.8) is 0 Å². The Morgan fingerprint density at radius 3 is 2.35 bits per heavy atom. The molecule has 2 aromatic carbocycles. The summed E-state index contributed by atoms with van der Waals surface area (Å²) < 4.78 is 0. The third kappa shape index (κ3) is 4.76. The van der Waals surface area contributed by atoms with E-state index >= 15 is 0 Å². The molecule has 1 aliphatic heterocycles. The van der Waals surface area contributed by atoms with E-state index in [-0.39, 0.29) is 17.9 Å². The molecule has 1 N–H and O–H groups in total. The number of likely N-dealkylation sites (tertiary alicyclic amines) is 1. The highest BCUT2D eigenvalue weighted by Crippen LogP contribution is 2.18. The summed E-state index contributed by atoms with van der Waals surface area (Å²) in [6.45, 7) is 1.27. The van der Waals surface area contributed by atoms with Crippen molar-refractivity contribution in [2.24, 2.45) is 0 Å². The van der Waals surface area contributed by atoms with Crippen molar-refractivity contribution in [3.05, 3.63) is 71.8 Å². The number of nitrogens with one attached hydrogen (secondary N) is 1. The number of rotatable bonds is 4. The number of piperidine rings is 1. The summed E-state index contributed by atoms with van der Waals surface area (Å²) in [5, 5.41) is 3.02. The van der Waals surface area contributed by atoms with Gasteiger partial charge in [-0.1, -0.05) is 42.5 Å². The van der Waals surface area contributed by atoms with E-state index in [1.165, 1.54) is 0 Å². The molecule has 2 aromatic rings. The molecule has 0 aromatic heterocycles. The third-order valence-electron chi connectivity index (χ3n) is 4.49. The number of nitrogens with zero attached hydrogens (tertiary/aromatic N) is 1. The quantitative estimate of drug-likeness (QED) is 0.644. The number of carbonyl (C=O) groups excluding carboxylic acids is 2. The van der Waals surface area contributed by atoms with Crippen LogP contribution >= 0.6 is 12.6 Å². The van der Waals surface area contributed by atoms with Crippen LogP contribution in [-0.2, 0) is 4.79 Å². The van der Waals surface area contributed by atoms with E-state index in [1.54, 1.807) is 18.2 Å². The fourth-order valence-corrected chi connectivity index (χ4v) is 3.29. The van der Waals surface area contributed by atoms with Crippen molar-refractivity contribution in [3.8, 4) is 0 Å². The summed E-state index contributed by atoms with van der Waals surface area (Å²) >= 11 is 4.36. The van der Waals surface area contributed by atoms with E-state index in [9.17, 15) is 9.59 Å². The van der Waals surface area contributed by atoms with Crippen molar-refractivity contribution in [2.45, 2.75) is 23.8 Å². The molecule has 5 heteroatoms. The Hall–Kier alpha value is -2.53. The Labute approximate surface area is 159 Å². The van der Waals surface area contributed by atoms with Gasteiger partial charge in [-0.05, 0) is 36.6 Å². The van der Waals surface area contributed by atoms with Gasteiger partial charge in [0.25, 0.3) is 5.91 Å². The van der Waals surface area contributed by atoms with Crippen LogP contribution in [0.1, 0.15) is 28.8 Å². The first-order valence-corrected chi connectivity index (χ1v) is 9.19. The molecule has 0 bridgehead atoms. The number of thiol groups is 1. The second-order valence-corrected chi connectivity index (χ2v) is 6.82. The molecule has 134 valence electrons. The average molecular weight is 366 g/mol. The number of hydrogen-bond donors (Lipinski definition) is 2. The van der Waals surface area contributed by atoms with Crippen molar-refractivity contribution in [1.82, 2.24) is 10.2 Å². The van der Waals surface area contributed by atoms with E-state index in [4.69, 9.17) is 0 Å². The summed E-state index contributed by atoms with van der Waals surface area (Å²) in [6.07, 6.45) is 4.87. The SMILES string of the molecule is O=C(/C=C/c1ccccc1)NC1CCN(C(=O)c2ccccc2S)CC1. The summed E-state index contributed by atoms with van der Waals surface area (Å²) in [6, 6.07) is 17.1. The molecule has 0 unspecified atom stereocenters. The minimum Gasteiger partial charge on any atom is -0.350 e. The molecule has 3 rings (SSSR count). The van der Waals surface area contributed by atoms with Gasteiger partial charge in [0.05, 0.1) is 5.56 Å². The molecular formula is C21H22N2O2S. The summed E-state index contributed by atoms with van der Waals surface area (Å²) in [4.78, 5) is 27.2. The fourth-order valence-electron chi connectivity index (χ4n) is 3.04. The minimum atomic E-state index is -0.0978. The second kappa shape index (κ2) is 8.72. The van der Waals surface area contributed by atoms with Gasteiger partial charge < -0.3 is 10.2 Å². The second-order valence-electron chi connectivity index (χ2n) is 6.34. The topological polar surface area (TPSA) is 49.4 Å². The van der Waals surface area contributed by atoms with E-state index < -0.39 is 0 Å². The maximum Gasteiger partial charge on any atom is 0.254 e. The Kier molecular flexibility index (Phi) is 6.12. The Balaban J connectivity index is 1.49. The fraction of sp³-hybridized carbons (Fsp3) is 0.238. The normalized spacial score (nSPS) is 15.2. The highest BCUT2D eigenvalue weighted by Gasteiger charge is 2.24. The first-order valence-electron chi connectivity index (χ1n) is 8.74. The van der Waals surface area contributed by atoms with Crippen molar-refractivity contribution in [1.29, 1.82) is 0 Å². The molecule has 2 amide bonds. The predicted molar refractivity (Wildman–Crippen MR) is 106 cm³/mol. The van der Waals surface area contributed by atoms with Crippen LogP contribution in [0.3, 0.4) is 0 Å². The molecule has 0 spiro atoms. The van der Waals surface area contributed by atoms with Gasteiger partial charge in [-0.25, -0.2) is 0 Å². The zero-order valence-corrected chi connectivity index (χ0v) is 15.4. The van der Waals surface area contributed by atoms with Crippen molar-refractivity contribution in [2.75, 3.05) is 13.1 Å². The zero-order chi connectivity index (χ0) is 18.4. The Morgan fingerprint density at radius 2 is 1.65 bits per heavy atom. The molecule has 0 atom stereocenters. The van der Waals surface area contributed by atoms with Crippen LogP contribution < -0.4 is 5.32 Å². The molecule has 1 heterocycles. The molecule has 26 heavy (non-hydrogen) atoms. The van der Waals surface area contributed by atoms with Crippen LogP contribution in [-0.4, -0.2) is 35.8 Å². The standard InChI is InChI=1S/C21H22N2O2S/c24-20(11-10-16-6-2-1-3-7-16)22-17-12-14-23(15-13-17)21(25)18-8-4-5-9-19(18)26/h1-11,17,26H,12-15H2,(H,22,24)/b11-10+. The van der Waals surface area contributed by atoms with Gasteiger partial charge in [0.1, 0.15) is 0 Å². The summed E-state index contributed by atoms with van der Waals surface area (Å²) in [7, 11) is 0. The van der Waals surface area contributed by atoms with Crippen molar-refractivity contribution >= 4 is 30.5 Å². The molecule has 0 radical (unpaired) electrons. The van der Waals surface area contributed by atoms with E-state index in [0.717, 1.165) is 18.4 Å². The number of hydrogen-bond acceptors (Lipinski definition) is 3. The van der Waals surface area contributed by atoms with Crippen LogP contribution in [0.5, 0.6) is 0 Å². The summed E-state index contributed by atoms with van der Waals surface area (Å²) in [5.41, 5.74) is 1.62. The van der Waals surface area contributed by atoms with Gasteiger partial charge in [-0.3, -0.25) is 9.59 Å². The highest BCUT2D eigenvalue weighted by molar-refractivity contribution is 7.80. The summed E-state index contributed by atoms with van der Waals surface area (Å²) in [5.74, 6) is -0.0938. The van der Waals surface area contributed by atoms with E-state index in [2.05, 4.69) is 17.9 Å². The van der Waals surface area contributed by atoms with Gasteiger partial charge in [-0.15, -0.1) is 12.6 Å². The van der Waals surface area contributed by atoms with Crippen LogP contribution in [0, 0.1) is 0 Å². The largest absolute Gasteiger partial charge is 0.350 e. The predicted octanol–water partition coefficient (Wildman–Crippen LogP) is 3.41. The van der Waals surface area contributed by atoms with Crippen LogP contribution in [0.2, 0.25) is 0 Å². The van der Waals surface area contributed by atoms with Crippen molar-refractivity contribution < 1.29 is 9.59 Å².